The third-order valence-corrected chi connectivity index (χ3v) is 10.7. The molecule has 0 fully saturated rings. The van der Waals surface area contributed by atoms with Crippen LogP contribution >= 0.6 is 0 Å². The summed E-state index contributed by atoms with van der Waals surface area (Å²) in [5.74, 6) is 0. The van der Waals surface area contributed by atoms with Crippen molar-refractivity contribution in [2.45, 2.75) is 87.7 Å². The standard InChI is InChI=1S/C51H49N.C8H8.3C2H6/c1-5-7-25-40(6-2)50-48(43-30-21-13-22-31-43)37-47(42-28-19-12-20-29-42)49(51(50)44-32-23-14-24-33-44)39(4)52-38(3)45-34-15-9-8-10-16-35-46(36-45)41-26-17-11-18-27-41;1-2-8-6-4-3-5-7-8;3*1-2/h5,7-39,52H,6H2,1-4H3;2-7H,1H2;3*1-2H3/b7-5-,9-8?,10-8?,15-9?,16-10?,34-15?,35-16?,40-25+,45-34?,45-36?,46-35?,46-36?;;;;/t38-,39?;;;;/m1..../s1. The molecule has 0 aromatic heterocycles. The Morgan fingerprint density at radius 2 is 0.894 bits per heavy atom. The van der Waals surface area contributed by atoms with Crippen molar-refractivity contribution in [3.05, 3.63) is 253 Å². The number of hydrogen-bond acceptors (Lipinski definition) is 1. The van der Waals surface area contributed by atoms with Crippen molar-refractivity contribution in [3.8, 4) is 44.5 Å². The molecule has 0 saturated carbocycles. The first-order valence-electron chi connectivity index (χ1n) is 24.1. The number of rotatable bonds is 12. The summed E-state index contributed by atoms with van der Waals surface area (Å²) in [6, 6.07) is 73.2. The molecule has 7 aromatic rings. The number of nitrogens with one attached hydrogen (secondary N) is 1. The average molecular weight is 870 g/mol. The summed E-state index contributed by atoms with van der Waals surface area (Å²) < 4.78 is 0. The van der Waals surface area contributed by atoms with Gasteiger partial charge in [-0.1, -0.05) is 273 Å². The zero-order valence-electron chi connectivity index (χ0n) is 41.5. The molecule has 0 aliphatic rings. The first-order valence-corrected chi connectivity index (χ1v) is 24.1. The molecule has 0 radical (unpaired) electrons. The van der Waals surface area contributed by atoms with Crippen LogP contribution in [0, 0.1) is 0 Å². The fourth-order valence-electron chi connectivity index (χ4n) is 7.70. The molecule has 340 valence electrons. The molecule has 0 aliphatic carbocycles. The van der Waals surface area contributed by atoms with Gasteiger partial charge in [-0.15, -0.1) is 0 Å². The molecule has 66 heavy (non-hydrogen) atoms. The zero-order valence-corrected chi connectivity index (χ0v) is 41.5. The molecule has 0 bridgehead atoms. The number of benzene rings is 6. The van der Waals surface area contributed by atoms with E-state index in [4.69, 9.17) is 0 Å². The summed E-state index contributed by atoms with van der Waals surface area (Å²) in [6.45, 7) is 24.6. The summed E-state index contributed by atoms with van der Waals surface area (Å²) in [5, 5.41) is 4.11. The smallest absolute Gasteiger partial charge is 0.0309 e. The van der Waals surface area contributed by atoms with Crippen molar-refractivity contribution in [1.29, 1.82) is 0 Å². The van der Waals surface area contributed by atoms with E-state index in [1.165, 1.54) is 72.3 Å². The molecular formula is C65H75N. The van der Waals surface area contributed by atoms with Crippen molar-refractivity contribution in [2.75, 3.05) is 0 Å². The van der Waals surface area contributed by atoms with Gasteiger partial charge in [0.25, 0.3) is 0 Å². The first-order chi connectivity index (χ1) is 32.5. The maximum absolute atomic E-state index is 4.11. The van der Waals surface area contributed by atoms with Gasteiger partial charge in [-0.3, -0.25) is 0 Å². The minimum absolute atomic E-state index is 0.00638. The average Bonchev–Trinajstić information content (AvgIpc) is 3.40. The monoisotopic (exact) mass is 870 g/mol. The molecule has 0 aliphatic heterocycles. The van der Waals surface area contributed by atoms with Crippen LogP contribution < -0.4 is 5.32 Å². The Morgan fingerprint density at radius 3 is 1.36 bits per heavy atom. The molecule has 0 amide bonds. The molecule has 1 nitrogen and oxygen atoms in total. The molecule has 0 spiro atoms. The summed E-state index contributed by atoms with van der Waals surface area (Å²) >= 11 is 0. The molecule has 0 saturated heterocycles. The van der Waals surface area contributed by atoms with Crippen molar-refractivity contribution in [2.24, 2.45) is 0 Å². The van der Waals surface area contributed by atoms with E-state index in [1.807, 2.05) is 78.0 Å². The largest absolute Gasteiger partial charge is 0.304 e. The van der Waals surface area contributed by atoms with Crippen molar-refractivity contribution in [3.63, 3.8) is 0 Å². The molecule has 1 heteroatoms. The lowest BCUT2D eigenvalue weighted by Gasteiger charge is -2.30. The van der Waals surface area contributed by atoms with Crippen LogP contribution in [0.1, 0.15) is 110 Å². The summed E-state index contributed by atoms with van der Waals surface area (Å²) in [4.78, 5) is 0. The Morgan fingerprint density at radius 1 is 0.485 bits per heavy atom. The van der Waals surface area contributed by atoms with Gasteiger partial charge in [-0.05, 0) is 112 Å². The van der Waals surface area contributed by atoms with E-state index in [0.29, 0.717) is 0 Å². The molecule has 2 atom stereocenters. The fourth-order valence-corrected chi connectivity index (χ4v) is 7.70. The second kappa shape index (κ2) is 31.1. The topological polar surface area (TPSA) is 12.0 Å². The lowest BCUT2D eigenvalue weighted by molar-refractivity contribution is 0.496. The predicted octanol–water partition coefficient (Wildman–Crippen LogP) is 19.7. The lowest BCUT2D eigenvalue weighted by atomic mass is 9.78. The quantitative estimate of drug-likeness (QED) is 0.121. The van der Waals surface area contributed by atoms with Crippen LogP contribution in [0.4, 0.5) is 0 Å². The second-order valence-electron chi connectivity index (χ2n) is 14.8. The van der Waals surface area contributed by atoms with Gasteiger partial charge in [0, 0.05) is 12.1 Å². The van der Waals surface area contributed by atoms with Crippen LogP contribution in [-0.2, 0) is 0 Å². The second-order valence-corrected chi connectivity index (χ2v) is 14.8. The Labute approximate surface area is 400 Å². The van der Waals surface area contributed by atoms with Crippen LogP contribution in [0.5, 0.6) is 0 Å². The Hall–Kier alpha value is -6.80. The Bertz CT molecular complexity index is 2520. The minimum Gasteiger partial charge on any atom is -0.304 e. The van der Waals surface area contributed by atoms with Crippen molar-refractivity contribution >= 4 is 11.6 Å². The lowest BCUT2D eigenvalue weighted by Crippen LogP contribution is -2.24. The number of allylic oxidation sites excluding steroid dienone is 4. The van der Waals surface area contributed by atoms with Gasteiger partial charge in [0.1, 0.15) is 0 Å². The van der Waals surface area contributed by atoms with Crippen LogP contribution in [0.15, 0.2) is 231 Å². The molecule has 7 rings (SSSR count). The Kier molecular flexibility index (Phi) is 25.3. The van der Waals surface area contributed by atoms with Gasteiger partial charge in [0.2, 0.25) is 0 Å². The van der Waals surface area contributed by atoms with Crippen molar-refractivity contribution in [1.82, 2.24) is 5.32 Å². The van der Waals surface area contributed by atoms with Gasteiger partial charge < -0.3 is 5.32 Å². The molecular weight excluding hydrogens is 795 g/mol. The highest BCUT2D eigenvalue weighted by molar-refractivity contribution is 5.97. The van der Waals surface area contributed by atoms with Gasteiger partial charge in [0.15, 0.2) is 0 Å². The normalized spacial score (nSPS) is 11.3. The maximum atomic E-state index is 4.11. The molecule has 7 aromatic carbocycles. The highest BCUT2D eigenvalue weighted by Crippen LogP contribution is 2.47. The summed E-state index contributed by atoms with van der Waals surface area (Å²) in [5.41, 5.74) is 16.1. The van der Waals surface area contributed by atoms with Crippen LogP contribution in [0.3, 0.4) is 0 Å². The molecule has 1 N–H and O–H groups in total. The molecule has 0 heterocycles. The van der Waals surface area contributed by atoms with E-state index < -0.39 is 0 Å². The zero-order chi connectivity index (χ0) is 47.9. The third kappa shape index (κ3) is 15.7. The van der Waals surface area contributed by atoms with E-state index in [2.05, 4.69) is 234 Å². The summed E-state index contributed by atoms with van der Waals surface area (Å²) in [6.07, 6.45) is 9.34. The summed E-state index contributed by atoms with van der Waals surface area (Å²) in [7, 11) is 0. The van der Waals surface area contributed by atoms with Gasteiger partial charge in [-0.2, -0.15) is 0 Å². The van der Waals surface area contributed by atoms with E-state index in [0.717, 1.165) is 6.42 Å². The highest BCUT2D eigenvalue weighted by atomic mass is 14.9. The SMILES string of the molecule is C/C=C\C=C(/CC)c1c(-c2ccccc2)cc(-c2ccccc2)c(C(C)N[C@H](C)c2cccccccc(-c3ccccc3)c2)c1-c1ccccc1.C=Cc1ccccc1.CC.CC.CC. The van der Waals surface area contributed by atoms with E-state index in [1.54, 1.807) is 0 Å². The number of hydrogen-bond donors (Lipinski definition) is 1. The van der Waals surface area contributed by atoms with Gasteiger partial charge >= 0.3 is 0 Å². The predicted molar refractivity (Wildman–Crippen MR) is 296 cm³/mol. The van der Waals surface area contributed by atoms with E-state index in [-0.39, 0.29) is 12.1 Å². The minimum atomic E-state index is -0.00638. The van der Waals surface area contributed by atoms with E-state index in [9.17, 15) is 0 Å². The highest BCUT2D eigenvalue weighted by Gasteiger charge is 2.26. The molecule has 1 unspecified atom stereocenters. The first kappa shape index (κ1) is 53.5. The van der Waals surface area contributed by atoms with Crippen LogP contribution in [-0.4, -0.2) is 0 Å². The fraction of sp³-hybridized carbons (Fsp3) is 0.200. The van der Waals surface area contributed by atoms with Crippen molar-refractivity contribution < 1.29 is 0 Å². The van der Waals surface area contributed by atoms with Crippen LogP contribution in [0.25, 0.3) is 56.2 Å². The van der Waals surface area contributed by atoms with Crippen LogP contribution in [0.2, 0.25) is 0 Å². The van der Waals surface area contributed by atoms with Gasteiger partial charge in [0.05, 0.1) is 0 Å². The van der Waals surface area contributed by atoms with Gasteiger partial charge in [-0.25, -0.2) is 0 Å². The Balaban J connectivity index is 0.000000724. The third-order valence-electron chi connectivity index (χ3n) is 10.7. The maximum Gasteiger partial charge on any atom is 0.0309 e. The van der Waals surface area contributed by atoms with E-state index >= 15 is 0 Å².